The summed E-state index contributed by atoms with van der Waals surface area (Å²) in [6, 6.07) is 3.01. The molecular weight excluding hydrogens is 206 g/mol. The first-order chi connectivity index (χ1) is 7.52. The molecule has 4 heteroatoms. The van der Waals surface area contributed by atoms with E-state index in [2.05, 4.69) is 11.6 Å². The summed E-state index contributed by atoms with van der Waals surface area (Å²) in [5.74, 6) is -1.57. The van der Waals surface area contributed by atoms with E-state index in [1.807, 2.05) is 0 Å². The summed E-state index contributed by atoms with van der Waals surface area (Å²) in [5, 5.41) is 9.11. The van der Waals surface area contributed by atoms with Crippen LogP contribution in [-0.4, -0.2) is 21.8 Å². The molecule has 0 aliphatic carbocycles. The lowest BCUT2D eigenvalue weighted by molar-refractivity contribution is -0.144. The number of aliphatic carboxylic acids is 1. The molecule has 0 saturated heterocycles. The molecule has 4 nitrogen and oxygen atoms in total. The van der Waals surface area contributed by atoms with Crippen LogP contribution in [0.15, 0.2) is 37.2 Å². The molecule has 84 valence electrons. The molecule has 1 heterocycles. The van der Waals surface area contributed by atoms with Gasteiger partial charge in [-0.3, -0.25) is 14.6 Å². The Labute approximate surface area is 93.6 Å². The van der Waals surface area contributed by atoms with Crippen molar-refractivity contribution in [1.82, 2.24) is 4.98 Å². The largest absolute Gasteiger partial charge is 0.480 e. The summed E-state index contributed by atoms with van der Waals surface area (Å²) in [5.41, 5.74) is -1.11. The minimum atomic E-state index is -1.46. The van der Waals surface area contributed by atoms with Crippen molar-refractivity contribution in [2.75, 3.05) is 0 Å². The Morgan fingerprint density at radius 2 is 2.06 bits per heavy atom. The fourth-order valence-corrected chi connectivity index (χ4v) is 1.39. The molecule has 0 radical (unpaired) electrons. The van der Waals surface area contributed by atoms with Crippen molar-refractivity contribution in [2.24, 2.45) is 5.41 Å². The van der Waals surface area contributed by atoms with E-state index in [1.165, 1.54) is 37.5 Å². The second-order valence-corrected chi connectivity index (χ2v) is 3.70. The number of ketones is 1. The van der Waals surface area contributed by atoms with E-state index in [0.29, 0.717) is 5.56 Å². The van der Waals surface area contributed by atoms with Gasteiger partial charge in [-0.2, -0.15) is 0 Å². The molecule has 0 amide bonds. The van der Waals surface area contributed by atoms with Crippen LogP contribution < -0.4 is 0 Å². The van der Waals surface area contributed by atoms with Crippen molar-refractivity contribution in [3.05, 3.63) is 42.7 Å². The highest BCUT2D eigenvalue weighted by Gasteiger charge is 2.40. The maximum atomic E-state index is 12.0. The van der Waals surface area contributed by atoms with Crippen LogP contribution >= 0.6 is 0 Å². The average molecular weight is 219 g/mol. The average Bonchev–Trinajstić information content (AvgIpc) is 2.29. The highest BCUT2D eigenvalue weighted by atomic mass is 16.4. The molecule has 0 aliphatic rings. The number of nitrogens with zero attached hydrogens (tertiary/aromatic N) is 1. The highest BCUT2D eigenvalue weighted by Crippen LogP contribution is 2.27. The first kappa shape index (κ1) is 12.1. The van der Waals surface area contributed by atoms with Crippen LogP contribution in [0.5, 0.6) is 0 Å². The number of aromatic nitrogens is 1. The zero-order chi connectivity index (χ0) is 12.2. The number of carbonyl (C=O) groups excluding carboxylic acids is 1. The van der Waals surface area contributed by atoms with Gasteiger partial charge in [-0.25, -0.2) is 0 Å². The second-order valence-electron chi connectivity index (χ2n) is 3.70. The molecule has 1 unspecified atom stereocenters. The summed E-state index contributed by atoms with van der Waals surface area (Å²) in [4.78, 5) is 27.0. The van der Waals surface area contributed by atoms with Crippen molar-refractivity contribution >= 4 is 11.8 Å². The third-order valence-electron chi connectivity index (χ3n) is 2.47. The summed E-state index contributed by atoms with van der Waals surface area (Å²) in [7, 11) is 0. The maximum absolute atomic E-state index is 12.0. The van der Waals surface area contributed by atoms with Gasteiger partial charge in [-0.05, 0) is 25.5 Å². The van der Waals surface area contributed by atoms with Crippen LogP contribution in [0.25, 0.3) is 0 Å². The minimum Gasteiger partial charge on any atom is -0.480 e. The molecule has 0 fully saturated rings. The third-order valence-corrected chi connectivity index (χ3v) is 2.47. The lowest BCUT2D eigenvalue weighted by atomic mass is 9.79. The Kier molecular flexibility index (Phi) is 3.55. The lowest BCUT2D eigenvalue weighted by Crippen LogP contribution is -2.36. The first-order valence-electron chi connectivity index (χ1n) is 4.81. The van der Waals surface area contributed by atoms with Gasteiger partial charge in [0.15, 0.2) is 5.78 Å². The third kappa shape index (κ3) is 2.16. The molecule has 0 aromatic carbocycles. The molecule has 16 heavy (non-hydrogen) atoms. The van der Waals surface area contributed by atoms with E-state index in [-0.39, 0.29) is 6.42 Å². The van der Waals surface area contributed by atoms with Crippen molar-refractivity contribution in [2.45, 2.75) is 13.3 Å². The van der Waals surface area contributed by atoms with Gasteiger partial charge in [-0.1, -0.05) is 6.08 Å². The predicted molar refractivity (Wildman–Crippen MR) is 59.1 cm³/mol. The van der Waals surface area contributed by atoms with Crippen molar-refractivity contribution < 1.29 is 14.7 Å². The molecular formula is C12H13NO3. The summed E-state index contributed by atoms with van der Waals surface area (Å²) >= 11 is 0. The zero-order valence-corrected chi connectivity index (χ0v) is 9.01. The van der Waals surface area contributed by atoms with Crippen molar-refractivity contribution in [3.8, 4) is 0 Å². The number of hydrogen-bond donors (Lipinski definition) is 1. The monoisotopic (exact) mass is 219 g/mol. The normalized spacial score (nSPS) is 13.8. The van der Waals surface area contributed by atoms with Crippen molar-refractivity contribution in [3.63, 3.8) is 0 Å². The van der Waals surface area contributed by atoms with Gasteiger partial charge in [0.25, 0.3) is 0 Å². The molecule has 1 aromatic rings. The summed E-state index contributed by atoms with van der Waals surface area (Å²) in [6.45, 7) is 4.88. The van der Waals surface area contributed by atoms with E-state index >= 15 is 0 Å². The van der Waals surface area contributed by atoms with E-state index in [4.69, 9.17) is 5.11 Å². The quantitative estimate of drug-likeness (QED) is 0.467. The van der Waals surface area contributed by atoms with Crippen LogP contribution in [-0.2, 0) is 4.79 Å². The van der Waals surface area contributed by atoms with Gasteiger partial charge < -0.3 is 5.11 Å². The number of carbonyl (C=O) groups is 2. The Bertz CT molecular complexity index is 414. The Morgan fingerprint density at radius 3 is 2.50 bits per heavy atom. The smallest absolute Gasteiger partial charge is 0.317 e. The topological polar surface area (TPSA) is 67.3 Å². The molecule has 0 bridgehead atoms. The fourth-order valence-electron chi connectivity index (χ4n) is 1.39. The number of Topliss-reactive ketones (excluding diaryl/α,β-unsaturated/α-hetero) is 1. The zero-order valence-electron chi connectivity index (χ0n) is 9.01. The van der Waals surface area contributed by atoms with Crippen LogP contribution in [0.2, 0.25) is 0 Å². The molecule has 1 aromatic heterocycles. The fraction of sp³-hybridized carbons (Fsp3) is 0.250. The Balaban J connectivity index is 3.11. The Hall–Kier alpha value is -1.97. The standard InChI is InChI=1S/C12H13NO3/c1-3-6-12(2,11(15)16)10(14)9-4-7-13-8-5-9/h3-5,7-8H,1,6H2,2H3,(H,15,16). The van der Waals surface area contributed by atoms with Crippen LogP contribution in [0.3, 0.4) is 0 Å². The van der Waals surface area contributed by atoms with Gasteiger partial charge in [0.1, 0.15) is 5.41 Å². The van der Waals surface area contributed by atoms with E-state index in [1.54, 1.807) is 0 Å². The highest BCUT2D eigenvalue weighted by molar-refractivity contribution is 6.11. The number of pyridine rings is 1. The summed E-state index contributed by atoms with van der Waals surface area (Å²) in [6.07, 6.45) is 4.46. The minimum absolute atomic E-state index is 0.101. The molecule has 0 aliphatic heterocycles. The Morgan fingerprint density at radius 1 is 1.50 bits per heavy atom. The molecule has 1 rings (SSSR count). The van der Waals surface area contributed by atoms with Crippen LogP contribution in [0.1, 0.15) is 23.7 Å². The molecule has 0 saturated carbocycles. The number of allylic oxidation sites excluding steroid dienone is 1. The molecule has 0 spiro atoms. The van der Waals surface area contributed by atoms with E-state index < -0.39 is 17.2 Å². The van der Waals surface area contributed by atoms with Crippen LogP contribution in [0.4, 0.5) is 0 Å². The van der Waals surface area contributed by atoms with Gasteiger partial charge in [0.05, 0.1) is 0 Å². The van der Waals surface area contributed by atoms with Gasteiger partial charge in [0, 0.05) is 18.0 Å². The number of carboxylic acid groups (broad SMARTS) is 1. The van der Waals surface area contributed by atoms with Crippen LogP contribution in [0, 0.1) is 5.41 Å². The van der Waals surface area contributed by atoms with Gasteiger partial charge in [-0.15, -0.1) is 6.58 Å². The van der Waals surface area contributed by atoms with E-state index in [0.717, 1.165) is 0 Å². The van der Waals surface area contributed by atoms with Gasteiger partial charge >= 0.3 is 5.97 Å². The molecule has 1 N–H and O–H groups in total. The SMILES string of the molecule is C=CCC(C)(C(=O)O)C(=O)c1ccncc1. The number of hydrogen-bond acceptors (Lipinski definition) is 3. The maximum Gasteiger partial charge on any atom is 0.317 e. The van der Waals surface area contributed by atoms with Gasteiger partial charge in [0.2, 0.25) is 0 Å². The van der Waals surface area contributed by atoms with E-state index in [9.17, 15) is 9.59 Å². The molecule has 1 atom stereocenters. The summed E-state index contributed by atoms with van der Waals surface area (Å²) < 4.78 is 0. The number of carboxylic acids is 1. The lowest BCUT2D eigenvalue weighted by Gasteiger charge is -2.21. The van der Waals surface area contributed by atoms with Crippen molar-refractivity contribution in [1.29, 1.82) is 0 Å². The second kappa shape index (κ2) is 4.70. The predicted octanol–water partition coefficient (Wildman–Crippen LogP) is 1.93. The first-order valence-corrected chi connectivity index (χ1v) is 4.81. The number of rotatable bonds is 5.